The van der Waals surface area contributed by atoms with E-state index in [2.05, 4.69) is 38.4 Å². The summed E-state index contributed by atoms with van der Waals surface area (Å²) in [5.74, 6) is 0.994. The Morgan fingerprint density at radius 2 is 2.16 bits per heavy atom. The largest absolute Gasteiger partial charge is 0.361 e. The number of halogens is 1. The van der Waals surface area contributed by atoms with Crippen molar-refractivity contribution in [3.8, 4) is 0 Å². The summed E-state index contributed by atoms with van der Waals surface area (Å²) in [6.45, 7) is 1.05. The van der Waals surface area contributed by atoms with Crippen molar-refractivity contribution in [3.05, 3.63) is 22.7 Å². The predicted molar refractivity (Wildman–Crippen MR) is 87.0 cm³/mol. The van der Waals surface area contributed by atoms with Crippen molar-refractivity contribution in [3.63, 3.8) is 0 Å². The molecule has 0 amide bonds. The van der Waals surface area contributed by atoms with E-state index in [-0.39, 0.29) is 0 Å². The summed E-state index contributed by atoms with van der Waals surface area (Å²) >= 11 is 5.24. The number of thiazole rings is 1. The fraction of sp³-hybridized carbons (Fsp3) is 0.533. The van der Waals surface area contributed by atoms with Gasteiger partial charge in [-0.1, -0.05) is 53.0 Å². The van der Waals surface area contributed by atoms with Gasteiger partial charge in [0.05, 0.1) is 10.2 Å². The van der Waals surface area contributed by atoms with Gasteiger partial charge >= 0.3 is 0 Å². The molecule has 1 saturated carbocycles. The molecule has 0 spiro atoms. The molecule has 1 heterocycles. The maximum Gasteiger partial charge on any atom is 0.183 e. The van der Waals surface area contributed by atoms with Crippen LogP contribution in [0.5, 0.6) is 0 Å². The van der Waals surface area contributed by atoms with Gasteiger partial charge in [-0.3, -0.25) is 0 Å². The zero-order valence-corrected chi connectivity index (χ0v) is 13.4. The number of benzene rings is 1. The van der Waals surface area contributed by atoms with Crippen LogP contribution < -0.4 is 5.32 Å². The molecule has 0 unspecified atom stereocenters. The number of nitrogens with one attached hydrogen (secondary N) is 1. The highest BCUT2D eigenvalue weighted by atomic mass is 79.9. The average molecular weight is 339 g/mol. The van der Waals surface area contributed by atoms with Gasteiger partial charge in [0.1, 0.15) is 0 Å². The lowest BCUT2D eigenvalue weighted by Gasteiger charge is -2.08. The lowest BCUT2D eigenvalue weighted by Crippen LogP contribution is -2.03. The van der Waals surface area contributed by atoms with Crippen molar-refractivity contribution < 1.29 is 0 Å². The first-order valence-corrected chi connectivity index (χ1v) is 8.72. The fourth-order valence-electron chi connectivity index (χ4n) is 2.86. The SMILES string of the molecule is Brc1ccc2nc(NCCCC3CCCC3)sc2c1. The molecule has 2 aromatic rings. The summed E-state index contributed by atoms with van der Waals surface area (Å²) in [5, 5.41) is 4.52. The van der Waals surface area contributed by atoms with Crippen molar-refractivity contribution >= 4 is 42.6 Å². The van der Waals surface area contributed by atoms with E-state index in [1.165, 1.54) is 43.2 Å². The Morgan fingerprint density at radius 1 is 1.32 bits per heavy atom. The van der Waals surface area contributed by atoms with Gasteiger partial charge in [-0.05, 0) is 37.0 Å². The molecular weight excluding hydrogens is 320 g/mol. The van der Waals surface area contributed by atoms with Crippen LogP contribution in [0.1, 0.15) is 38.5 Å². The van der Waals surface area contributed by atoms with Crippen molar-refractivity contribution in [1.82, 2.24) is 4.98 Å². The highest BCUT2D eigenvalue weighted by Crippen LogP contribution is 2.30. The summed E-state index contributed by atoms with van der Waals surface area (Å²) in [6.07, 6.45) is 8.45. The molecule has 1 aliphatic carbocycles. The van der Waals surface area contributed by atoms with Gasteiger partial charge in [0, 0.05) is 11.0 Å². The molecule has 3 rings (SSSR count). The molecule has 1 fully saturated rings. The molecule has 0 bridgehead atoms. The number of anilines is 1. The third-order valence-electron chi connectivity index (χ3n) is 3.89. The predicted octanol–water partition coefficient (Wildman–Crippen LogP) is 5.44. The van der Waals surface area contributed by atoms with Crippen molar-refractivity contribution in [2.24, 2.45) is 5.92 Å². The van der Waals surface area contributed by atoms with Crippen LogP contribution in [0.3, 0.4) is 0 Å². The van der Waals surface area contributed by atoms with Crippen molar-refractivity contribution in [2.75, 3.05) is 11.9 Å². The Morgan fingerprint density at radius 3 is 3.00 bits per heavy atom. The first-order valence-electron chi connectivity index (χ1n) is 7.11. The number of nitrogens with zero attached hydrogens (tertiary/aromatic N) is 1. The van der Waals surface area contributed by atoms with Gasteiger partial charge in [0.2, 0.25) is 0 Å². The van der Waals surface area contributed by atoms with Gasteiger partial charge in [0.25, 0.3) is 0 Å². The zero-order chi connectivity index (χ0) is 13.1. The summed E-state index contributed by atoms with van der Waals surface area (Å²) < 4.78 is 2.36. The maximum atomic E-state index is 4.61. The smallest absolute Gasteiger partial charge is 0.183 e. The highest BCUT2D eigenvalue weighted by Gasteiger charge is 2.14. The molecule has 4 heteroatoms. The fourth-order valence-corrected chi connectivity index (χ4v) is 4.30. The minimum atomic E-state index is 0.994. The molecule has 1 aromatic carbocycles. The van der Waals surface area contributed by atoms with Crippen LogP contribution in [0, 0.1) is 5.92 Å². The molecule has 1 aromatic heterocycles. The Labute approximate surface area is 126 Å². The Balaban J connectivity index is 1.50. The van der Waals surface area contributed by atoms with Crippen molar-refractivity contribution in [2.45, 2.75) is 38.5 Å². The third kappa shape index (κ3) is 3.48. The van der Waals surface area contributed by atoms with Crippen LogP contribution in [0.15, 0.2) is 22.7 Å². The normalized spacial score (nSPS) is 16.3. The van der Waals surface area contributed by atoms with E-state index in [1.54, 1.807) is 11.3 Å². The monoisotopic (exact) mass is 338 g/mol. The van der Waals surface area contributed by atoms with Crippen LogP contribution in [0.25, 0.3) is 10.2 Å². The Kier molecular flexibility index (Phi) is 4.38. The van der Waals surface area contributed by atoms with Crippen LogP contribution >= 0.6 is 27.3 Å². The number of hydrogen-bond acceptors (Lipinski definition) is 3. The number of aromatic nitrogens is 1. The van der Waals surface area contributed by atoms with E-state index in [4.69, 9.17) is 0 Å². The van der Waals surface area contributed by atoms with Crippen LogP contribution in [-0.2, 0) is 0 Å². The number of fused-ring (bicyclic) bond motifs is 1. The van der Waals surface area contributed by atoms with Gasteiger partial charge < -0.3 is 5.32 Å². The van der Waals surface area contributed by atoms with Crippen LogP contribution in [-0.4, -0.2) is 11.5 Å². The quantitative estimate of drug-likeness (QED) is 0.734. The minimum Gasteiger partial charge on any atom is -0.361 e. The molecule has 19 heavy (non-hydrogen) atoms. The van der Waals surface area contributed by atoms with E-state index in [0.29, 0.717) is 0 Å². The highest BCUT2D eigenvalue weighted by molar-refractivity contribution is 9.10. The summed E-state index contributed by atoms with van der Waals surface area (Å²) in [4.78, 5) is 4.61. The molecule has 0 atom stereocenters. The molecule has 102 valence electrons. The van der Waals surface area contributed by atoms with Crippen LogP contribution in [0.2, 0.25) is 0 Å². The lowest BCUT2D eigenvalue weighted by molar-refractivity contribution is 0.491. The second-order valence-electron chi connectivity index (χ2n) is 5.35. The Bertz CT molecular complexity index is 546. The maximum absolute atomic E-state index is 4.61. The van der Waals surface area contributed by atoms with E-state index >= 15 is 0 Å². The summed E-state index contributed by atoms with van der Waals surface area (Å²) in [5.41, 5.74) is 1.09. The third-order valence-corrected chi connectivity index (χ3v) is 5.36. The molecule has 1 N–H and O–H groups in total. The van der Waals surface area contributed by atoms with Gasteiger partial charge in [0.15, 0.2) is 5.13 Å². The zero-order valence-electron chi connectivity index (χ0n) is 11.0. The number of rotatable bonds is 5. The molecule has 0 aliphatic heterocycles. The molecular formula is C15H19BrN2S. The van der Waals surface area contributed by atoms with Crippen molar-refractivity contribution in [1.29, 1.82) is 0 Å². The summed E-state index contributed by atoms with van der Waals surface area (Å²) in [7, 11) is 0. The Hall–Kier alpha value is -0.610. The van der Waals surface area contributed by atoms with Gasteiger partial charge in [-0.2, -0.15) is 0 Å². The van der Waals surface area contributed by atoms with E-state index in [0.717, 1.165) is 27.6 Å². The van der Waals surface area contributed by atoms with Crippen LogP contribution in [0.4, 0.5) is 5.13 Å². The topological polar surface area (TPSA) is 24.9 Å². The van der Waals surface area contributed by atoms with E-state index in [9.17, 15) is 0 Å². The lowest BCUT2D eigenvalue weighted by atomic mass is 10.0. The number of hydrogen-bond donors (Lipinski definition) is 1. The van der Waals surface area contributed by atoms with E-state index < -0.39 is 0 Å². The first kappa shape index (κ1) is 13.4. The van der Waals surface area contributed by atoms with E-state index in [1.807, 2.05) is 6.07 Å². The second kappa shape index (κ2) is 6.23. The van der Waals surface area contributed by atoms with Gasteiger partial charge in [-0.15, -0.1) is 0 Å². The first-order chi connectivity index (χ1) is 9.31. The average Bonchev–Trinajstić information content (AvgIpc) is 3.02. The molecule has 1 aliphatic rings. The van der Waals surface area contributed by atoms with Gasteiger partial charge in [-0.25, -0.2) is 4.98 Å². The second-order valence-corrected chi connectivity index (χ2v) is 7.30. The molecule has 0 radical (unpaired) electrons. The standard InChI is InChI=1S/C15H19BrN2S/c16-12-7-8-13-14(10-12)19-15(18-13)17-9-3-6-11-4-1-2-5-11/h7-8,10-11H,1-6,9H2,(H,17,18). The minimum absolute atomic E-state index is 0.994. The summed E-state index contributed by atoms with van der Waals surface area (Å²) in [6, 6.07) is 6.25. The molecule has 2 nitrogen and oxygen atoms in total. The molecule has 0 saturated heterocycles.